The third kappa shape index (κ3) is 1.27. The minimum atomic E-state index is 0.307. The Morgan fingerprint density at radius 2 is 2.17 bits per heavy atom. The highest BCUT2D eigenvalue weighted by Crippen LogP contribution is 2.37. The molecule has 0 amide bonds. The van der Waals surface area contributed by atoms with Gasteiger partial charge in [-0.1, -0.05) is 46.9 Å². The number of hydrogen-bond acceptors (Lipinski definition) is 1. The van der Waals surface area contributed by atoms with Gasteiger partial charge in [-0.15, -0.1) is 0 Å². The maximum atomic E-state index is 5.44. The molecule has 0 spiro atoms. The minimum Gasteiger partial charge on any atom is -0.376 e. The van der Waals surface area contributed by atoms with Crippen molar-refractivity contribution in [3.63, 3.8) is 0 Å². The molecule has 0 heterocycles. The highest BCUT2D eigenvalue weighted by atomic mass is 127. The second kappa shape index (κ2) is 3.34. The predicted molar refractivity (Wildman–Crippen MR) is 57.7 cm³/mol. The van der Waals surface area contributed by atoms with E-state index in [1.54, 1.807) is 7.11 Å². The van der Waals surface area contributed by atoms with Crippen LogP contribution in [0.25, 0.3) is 0 Å². The first kappa shape index (κ1) is 8.51. The summed E-state index contributed by atoms with van der Waals surface area (Å²) in [4.78, 5) is 0. The Morgan fingerprint density at radius 1 is 1.42 bits per heavy atom. The van der Waals surface area contributed by atoms with Crippen LogP contribution in [0.15, 0.2) is 24.3 Å². The Kier molecular flexibility index (Phi) is 2.37. The SMILES string of the molecule is CO[C@@H]1c2ccccc2C[C@H]1I. The second-order valence-corrected chi connectivity index (χ2v) is 4.68. The number of rotatable bonds is 1. The van der Waals surface area contributed by atoms with E-state index in [0.717, 1.165) is 6.42 Å². The van der Waals surface area contributed by atoms with Crippen LogP contribution in [-0.4, -0.2) is 11.0 Å². The molecule has 0 fully saturated rings. The molecule has 12 heavy (non-hydrogen) atoms. The summed E-state index contributed by atoms with van der Waals surface area (Å²) in [5, 5.41) is 0. The molecule has 0 N–H and O–H groups in total. The summed E-state index contributed by atoms with van der Waals surface area (Å²) in [5.74, 6) is 0. The molecule has 2 rings (SSSR count). The zero-order valence-electron chi connectivity index (χ0n) is 6.96. The number of halogens is 1. The van der Waals surface area contributed by atoms with Gasteiger partial charge in [0.15, 0.2) is 0 Å². The summed E-state index contributed by atoms with van der Waals surface area (Å²) in [5.41, 5.74) is 2.82. The van der Waals surface area contributed by atoms with E-state index in [1.165, 1.54) is 11.1 Å². The molecule has 2 atom stereocenters. The van der Waals surface area contributed by atoms with Gasteiger partial charge in [-0.05, 0) is 17.5 Å². The Morgan fingerprint density at radius 3 is 2.92 bits per heavy atom. The van der Waals surface area contributed by atoms with Gasteiger partial charge in [0.25, 0.3) is 0 Å². The van der Waals surface area contributed by atoms with Crippen LogP contribution >= 0.6 is 22.6 Å². The van der Waals surface area contributed by atoms with Crippen molar-refractivity contribution < 1.29 is 4.74 Å². The van der Waals surface area contributed by atoms with Crippen molar-refractivity contribution in [2.45, 2.75) is 16.4 Å². The first-order valence-corrected chi connectivity index (χ1v) is 5.32. The van der Waals surface area contributed by atoms with Crippen molar-refractivity contribution >= 4 is 22.6 Å². The van der Waals surface area contributed by atoms with E-state index in [9.17, 15) is 0 Å². The quantitative estimate of drug-likeness (QED) is 0.565. The van der Waals surface area contributed by atoms with Crippen LogP contribution in [0.4, 0.5) is 0 Å². The highest BCUT2D eigenvalue weighted by Gasteiger charge is 2.29. The second-order valence-electron chi connectivity index (χ2n) is 3.08. The Bertz CT molecular complexity index is 285. The average molecular weight is 274 g/mol. The summed E-state index contributed by atoms with van der Waals surface area (Å²) in [7, 11) is 1.79. The molecule has 64 valence electrons. The van der Waals surface area contributed by atoms with E-state index >= 15 is 0 Å². The van der Waals surface area contributed by atoms with Gasteiger partial charge in [-0.25, -0.2) is 0 Å². The predicted octanol–water partition coefficient (Wildman–Crippen LogP) is 2.73. The van der Waals surface area contributed by atoms with E-state index in [2.05, 4.69) is 46.9 Å². The molecule has 0 aliphatic heterocycles. The maximum Gasteiger partial charge on any atom is 0.0944 e. The first-order chi connectivity index (χ1) is 5.83. The molecule has 1 aliphatic rings. The summed E-state index contributed by atoms with van der Waals surface area (Å²) >= 11 is 2.46. The lowest BCUT2D eigenvalue weighted by molar-refractivity contribution is 0.113. The van der Waals surface area contributed by atoms with Crippen molar-refractivity contribution in [3.8, 4) is 0 Å². The Balaban J connectivity index is 2.40. The summed E-state index contributed by atoms with van der Waals surface area (Å²) in [6.07, 6.45) is 1.46. The fourth-order valence-electron chi connectivity index (χ4n) is 1.78. The molecule has 0 aromatic heterocycles. The number of alkyl halides is 1. The highest BCUT2D eigenvalue weighted by molar-refractivity contribution is 14.1. The smallest absolute Gasteiger partial charge is 0.0944 e. The van der Waals surface area contributed by atoms with Gasteiger partial charge < -0.3 is 4.74 Å². The molecule has 1 aromatic carbocycles. The number of hydrogen-bond donors (Lipinski definition) is 0. The van der Waals surface area contributed by atoms with Gasteiger partial charge in [-0.2, -0.15) is 0 Å². The lowest BCUT2D eigenvalue weighted by Gasteiger charge is -2.12. The first-order valence-electron chi connectivity index (χ1n) is 4.07. The molecule has 0 unspecified atom stereocenters. The standard InChI is InChI=1S/C10H11IO/c1-12-10-8-5-3-2-4-7(8)6-9(10)11/h2-5,9-10H,6H2,1H3/t9-,10-/m1/s1. The van der Waals surface area contributed by atoms with Crippen LogP contribution in [0.2, 0.25) is 0 Å². The largest absolute Gasteiger partial charge is 0.376 e. The Labute approximate surface area is 86.3 Å². The number of ether oxygens (including phenoxy) is 1. The van der Waals surface area contributed by atoms with Crippen molar-refractivity contribution in [1.29, 1.82) is 0 Å². The number of fused-ring (bicyclic) bond motifs is 1. The topological polar surface area (TPSA) is 9.23 Å². The van der Waals surface area contributed by atoms with E-state index in [1.807, 2.05) is 0 Å². The minimum absolute atomic E-state index is 0.307. The summed E-state index contributed by atoms with van der Waals surface area (Å²) in [6.45, 7) is 0. The summed E-state index contributed by atoms with van der Waals surface area (Å²) in [6, 6.07) is 8.54. The van der Waals surface area contributed by atoms with Crippen molar-refractivity contribution in [3.05, 3.63) is 35.4 Å². The van der Waals surface area contributed by atoms with Gasteiger partial charge in [-0.3, -0.25) is 0 Å². The van der Waals surface area contributed by atoms with Crippen LogP contribution in [0.1, 0.15) is 17.2 Å². The molecular weight excluding hydrogens is 263 g/mol. The van der Waals surface area contributed by atoms with E-state index in [0.29, 0.717) is 10.0 Å². The average Bonchev–Trinajstić information content (AvgIpc) is 2.40. The van der Waals surface area contributed by atoms with E-state index in [-0.39, 0.29) is 0 Å². The molecule has 1 nitrogen and oxygen atoms in total. The number of methoxy groups -OCH3 is 1. The molecule has 2 heteroatoms. The van der Waals surface area contributed by atoms with Gasteiger partial charge in [0.2, 0.25) is 0 Å². The van der Waals surface area contributed by atoms with Crippen LogP contribution in [-0.2, 0) is 11.2 Å². The fraction of sp³-hybridized carbons (Fsp3) is 0.400. The van der Waals surface area contributed by atoms with Crippen LogP contribution in [0.3, 0.4) is 0 Å². The third-order valence-electron chi connectivity index (χ3n) is 2.36. The van der Waals surface area contributed by atoms with Crippen LogP contribution in [0, 0.1) is 0 Å². The zero-order chi connectivity index (χ0) is 8.55. The van der Waals surface area contributed by atoms with E-state index in [4.69, 9.17) is 4.74 Å². The van der Waals surface area contributed by atoms with Crippen LogP contribution in [0.5, 0.6) is 0 Å². The number of benzene rings is 1. The lowest BCUT2D eigenvalue weighted by atomic mass is 10.1. The molecule has 1 aromatic rings. The van der Waals surface area contributed by atoms with Crippen molar-refractivity contribution in [2.75, 3.05) is 7.11 Å². The zero-order valence-corrected chi connectivity index (χ0v) is 9.11. The normalized spacial score (nSPS) is 27.2. The molecule has 0 saturated carbocycles. The molecular formula is C10H11IO. The lowest BCUT2D eigenvalue weighted by Crippen LogP contribution is -2.07. The molecule has 0 bridgehead atoms. The maximum absolute atomic E-state index is 5.44. The fourth-order valence-corrected chi connectivity index (χ4v) is 2.94. The molecule has 0 saturated heterocycles. The van der Waals surface area contributed by atoms with E-state index < -0.39 is 0 Å². The van der Waals surface area contributed by atoms with Gasteiger partial charge in [0.05, 0.1) is 6.10 Å². The van der Waals surface area contributed by atoms with Gasteiger partial charge in [0, 0.05) is 11.0 Å². The summed E-state index contributed by atoms with van der Waals surface area (Å²) < 4.78 is 6.04. The van der Waals surface area contributed by atoms with Crippen molar-refractivity contribution in [2.24, 2.45) is 0 Å². The third-order valence-corrected chi connectivity index (χ3v) is 3.45. The molecule has 0 radical (unpaired) electrons. The van der Waals surface area contributed by atoms with Gasteiger partial charge >= 0.3 is 0 Å². The van der Waals surface area contributed by atoms with Gasteiger partial charge in [0.1, 0.15) is 0 Å². The monoisotopic (exact) mass is 274 g/mol. The molecule has 1 aliphatic carbocycles. The Hall–Kier alpha value is -0.0900. The van der Waals surface area contributed by atoms with Crippen LogP contribution < -0.4 is 0 Å². The van der Waals surface area contributed by atoms with Crippen molar-refractivity contribution in [1.82, 2.24) is 0 Å².